The minimum atomic E-state index is 0.583. The number of hydrogen-bond donors (Lipinski definition) is 1. The van der Waals surface area contributed by atoms with E-state index in [1.165, 1.54) is 24.2 Å². The molecule has 18 heavy (non-hydrogen) atoms. The van der Waals surface area contributed by atoms with Crippen molar-refractivity contribution in [3.8, 4) is 0 Å². The van der Waals surface area contributed by atoms with Crippen molar-refractivity contribution in [3.63, 3.8) is 0 Å². The first-order valence-corrected chi connectivity index (χ1v) is 7.08. The molecule has 4 nitrogen and oxygen atoms in total. The zero-order chi connectivity index (χ0) is 13.1. The Hall–Kier alpha value is -0.870. The summed E-state index contributed by atoms with van der Waals surface area (Å²) >= 11 is 0. The Bertz CT molecular complexity index is 383. The van der Waals surface area contributed by atoms with Gasteiger partial charge in [0.15, 0.2) is 0 Å². The molecule has 0 radical (unpaired) electrons. The van der Waals surface area contributed by atoms with E-state index in [0.717, 1.165) is 19.5 Å². The van der Waals surface area contributed by atoms with Gasteiger partial charge in [0.25, 0.3) is 0 Å². The van der Waals surface area contributed by atoms with Crippen molar-refractivity contribution in [1.29, 1.82) is 0 Å². The van der Waals surface area contributed by atoms with Crippen LogP contribution in [0, 0.1) is 0 Å². The van der Waals surface area contributed by atoms with Crippen molar-refractivity contribution in [1.82, 2.24) is 20.0 Å². The molecule has 1 aliphatic heterocycles. The summed E-state index contributed by atoms with van der Waals surface area (Å²) in [7, 11) is 2.01. The lowest BCUT2D eigenvalue weighted by Gasteiger charge is -2.18. The second-order valence-corrected chi connectivity index (χ2v) is 5.67. The van der Waals surface area contributed by atoms with Gasteiger partial charge in [-0.05, 0) is 12.8 Å². The molecule has 0 aliphatic carbocycles. The maximum absolute atomic E-state index is 4.51. The standard InChI is InChI=1S/C14H26N4/c1-5-14-12(8-17(4)16-14)9-18-7-6-13(10-18)15-11(2)3/h8,11,13,15H,5-7,9-10H2,1-4H3. The lowest BCUT2D eigenvalue weighted by atomic mass is 10.2. The van der Waals surface area contributed by atoms with Gasteiger partial charge in [-0.15, -0.1) is 0 Å². The van der Waals surface area contributed by atoms with Gasteiger partial charge in [0, 0.05) is 50.5 Å². The fourth-order valence-electron chi connectivity index (χ4n) is 2.84. The van der Waals surface area contributed by atoms with Crippen LogP contribution in [0.4, 0.5) is 0 Å². The second-order valence-electron chi connectivity index (χ2n) is 5.67. The Morgan fingerprint density at radius 3 is 2.94 bits per heavy atom. The number of nitrogens with one attached hydrogen (secondary N) is 1. The van der Waals surface area contributed by atoms with Gasteiger partial charge in [0.2, 0.25) is 0 Å². The molecular weight excluding hydrogens is 224 g/mol. The minimum absolute atomic E-state index is 0.583. The Balaban J connectivity index is 1.90. The van der Waals surface area contributed by atoms with E-state index in [0.29, 0.717) is 12.1 Å². The van der Waals surface area contributed by atoms with E-state index in [1.54, 1.807) is 0 Å². The summed E-state index contributed by atoms with van der Waals surface area (Å²) in [5, 5.41) is 8.14. The molecule has 0 aromatic carbocycles. The first-order chi connectivity index (χ1) is 8.58. The quantitative estimate of drug-likeness (QED) is 0.861. The number of rotatable bonds is 5. The Morgan fingerprint density at radius 2 is 2.28 bits per heavy atom. The van der Waals surface area contributed by atoms with Crippen molar-refractivity contribution in [3.05, 3.63) is 17.5 Å². The van der Waals surface area contributed by atoms with Gasteiger partial charge in [-0.1, -0.05) is 20.8 Å². The molecule has 1 saturated heterocycles. The van der Waals surface area contributed by atoms with Gasteiger partial charge in [-0.2, -0.15) is 5.10 Å². The zero-order valence-corrected chi connectivity index (χ0v) is 12.1. The molecule has 1 atom stereocenters. The Labute approximate surface area is 110 Å². The minimum Gasteiger partial charge on any atom is -0.310 e. The van der Waals surface area contributed by atoms with E-state index in [9.17, 15) is 0 Å². The molecule has 1 N–H and O–H groups in total. The summed E-state index contributed by atoms with van der Waals surface area (Å²) in [4.78, 5) is 2.54. The average molecular weight is 250 g/mol. The average Bonchev–Trinajstić information content (AvgIpc) is 2.85. The van der Waals surface area contributed by atoms with Gasteiger partial charge in [0.05, 0.1) is 5.69 Å². The van der Waals surface area contributed by atoms with Crippen molar-refractivity contribution < 1.29 is 0 Å². The number of aromatic nitrogens is 2. The summed E-state index contributed by atoms with van der Waals surface area (Å²) < 4.78 is 1.94. The third-order valence-electron chi connectivity index (χ3n) is 3.56. The highest BCUT2D eigenvalue weighted by molar-refractivity contribution is 5.17. The van der Waals surface area contributed by atoms with Crippen molar-refractivity contribution in [2.45, 2.75) is 52.2 Å². The summed E-state index contributed by atoms with van der Waals surface area (Å²) in [5.74, 6) is 0. The smallest absolute Gasteiger partial charge is 0.0666 e. The van der Waals surface area contributed by atoms with Crippen LogP contribution in [0.15, 0.2) is 6.20 Å². The number of hydrogen-bond acceptors (Lipinski definition) is 3. The fourth-order valence-corrected chi connectivity index (χ4v) is 2.84. The molecule has 0 saturated carbocycles. The van der Waals surface area contributed by atoms with Crippen LogP contribution in [0.25, 0.3) is 0 Å². The largest absolute Gasteiger partial charge is 0.310 e. The monoisotopic (exact) mass is 250 g/mol. The van der Waals surface area contributed by atoms with Crippen molar-refractivity contribution >= 4 is 0 Å². The van der Waals surface area contributed by atoms with Crippen LogP contribution in [-0.4, -0.2) is 39.9 Å². The third-order valence-corrected chi connectivity index (χ3v) is 3.56. The number of likely N-dealkylation sites (tertiary alicyclic amines) is 1. The summed E-state index contributed by atoms with van der Waals surface area (Å²) in [6.07, 6.45) is 4.46. The van der Waals surface area contributed by atoms with Gasteiger partial charge in [-0.3, -0.25) is 9.58 Å². The number of aryl methyl sites for hydroxylation is 2. The lowest BCUT2D eigenvalue weighted by molar-refractivity contribution is 0.316. The predicted octanol–water partition coefficient (Wildman–Crippen LogP) is 1.55. The molecule has 2 rings (SSSR count). The van der Waals surface area contributed by atoms with Gasteiger partial charge in [0.1, 0.15) is 0 Å². The molecule has 1 aliphatic rings. The first kappa shape index (κ1) is 13.6. The SMILES string of the molecule is CCc1nn(C)cc1CN1CCC(NC(C)C)C1. The van der Waals surface area contributed by atoms with Crippen LogP contribution < -0.4 is 5.32 Å². The van der Waals surface area contributed by atoms with E-state index in [4.69, 9.17) is 0 Å². The van der Waals surface area contributed by atoms with Crippen molar-refractivity contribution in [2.75, 3.05) is 13.1 Å². The van der Waals surface area contributed by atoms with Gasteiger partial charge >= 0.3 is 0 Å². The molecule has 1 unspecified atom stereocenters. The third kappa shape index (κ3) is 3.33. The van der Waals surface area contributed by atoms with Crippen LogP contribution >= 0.6 is 0 Å². The topological polar surface area (TPSA) is 33.1 Å². The van der Waals surface area contributed by atoms with Crippen LogP contribution in [0.5, 0.6) is 0 Å². The van der Waals surface area contributed by atoms with Crippen LogP contribution in [-0.2, 0) is 20.0 Å². The van der Waals surface area contributed by atoms with E-state index in [1.807, 2.05) is 11.7 Å². The molecule has 0 spiro atoms. The second kappa shape index (κ2) is 5.85. The van der Waals surface area contributed by atoms with E-state index < -0.39 is 0 Å². The molecule has 4 heteroatoms. The van der Waals surface area contributed by atoms with Crippen molar-refractivity contribution in [2.24, 2.45) is 7.05 Å². The Kier molecular flexibility index (Phi) is 4.40. The molecular formula is C14H26N4. The Morgan fingerprint density at radius 1 is 1.50 bits per heavy atom. The normalized spacial score (nSPS) is 21.1. The van der Waals surface area contributed by atoms with E-state index >= 15 is 0 Å². The molecule has 0 amide bonds. The molecule has 1 aromatic heterocycles. The van der Waals surface area contributed by atoms with Gasteiger partial charge in [-0.25, -0.2) is 0 Å². The first-order valence-electron chi connectivity index (χ1n) is 7.08. The summed E-state index contributed by atoms with van der Waals surface area (Å²) in [6.45, 7) is 10.0. The molecule has 1 fully saturated rings. The van der Waals surface area contributed by atoms with E-state index in [2.05, 4.69) is 42.3 Å². The highest BCUT2D eigenvalue weighted by Gasteiger charge is 2.23. The predicted molar refractivity (Wildman–Crippen MR) is 74.5 cm³/mol. The van der Waals surface area contributed by atoms with E-state index in [-0.39, 0.29) is 0 Å². The molecule has 102 valence electrons. The van der Waals surface area contributed by atoms with Crippen LogP contribution in [0.2, 0.25) is 0 Å². The summed E-state index contributed by atoms with van der Waals surface area (Å²) in [5.41, 5.74) is 2.64. The zero-order valence-electron chi connectivity index (χ0n) is 12.1. The fraction of sp³-hybridized carbons (Fsp3) is 0.786. The van der Waals surface area contributed by atoms with Gasteiger partial charge < -0.3 is 5.32 Å². The maximum atomic E-state index is 4.51. The molecule has 1 aromatic rings. The summed E-state index contributed by atoms with van der Waals surface area (Å²) in [6, 6.07) is 1.24. The molecule has 2 heterocycles. The highest BCUT2D eigenvalue weighted by Crippen LogP contribution is 2.16. The van der Waals surface area contributed by atoms with Crippen LogP contribution in [0.1, 0.15) is 38.4 Å². The molecule has 0 bridgehead atoms. The lowest BCUT2D eigenvalue weighted by Crippen LogP contribution is -2.36. The van der Waals surface area contributed by atoms with Crippen LogP contribution in [0.3, 0.4) is 0 Å². The maximum Gasteiger partial charge on any atom is 0.0666 e. The number of nitrogens with zero attached hydrogens (tertiary/aromatic N) is 3. The highest BCUT2D eigenvalue weighted by atomic mass is 15.3.